The van der Waals surface area contributed by atoms with Gasteiger partial charge >= 0.3 is 0 Å². The second-order valence-electron chi connectivity index (χ2n) is 9.10. The lowest BCUT2D eigenvalue weighted by molar-refractivity contribution is -0.0178. The Kier molecular flexibility index (Phi) is 4.65. The third-order valence-corrected chi connectivity index (χ3v) is 6.25. The van der Waals surface area contributed by atoms with E-state index in [2.05, 4.69) is 33.0 Å². The van der Waals surface area contributed by atoms with E-state index in [1.807, 2.05) is 33.0 Å². The van der Waals surface area contributed by atoms with Crippen molar-refractivity contribution in [2.75, 3.05) is 18.0 Å². The number of ether oxygens (including phenoxy) is 1. The Morgan fingerprint density at radius 3 is 2.58 bits per heavy atom. The first-order chi connectivity index (χ1) is 15.9. The number of rotatable bonds is 4. The molecule has 10 nitrogen and oxygen atoms in total. The van der Waals surface area contributed by atoms with Gasteiger partial charge < -0.3 is 14.2 Å². The summed E-state index contributed by atoms with van der Waals surface area (Å²) in [7, 11) is 0. The number of aromatic nitrogens is 7. The minimum Gasteiger partial charge on any atom is -0.367 e. The number of fused-ring (bicyclic) bond motifs is 1. The molecule has 2 fully saturated rings. The van der Waals surface area contributed by atoms with Gasteiger partial charge in [-0.3, -0.25) is 4.68 Å². The van der Waals surface area contributed by atoms with Gasteiger partial charge in [0.2, 0.25) is 5.95 Å². The van der Waals surface area contributed by atoms with Crippen molar-refractivity contribution in [1.29, 1.82) is 0 Å². The fraction of sp³-hybridized carbons (Fsp3) is 0.478. The van der Waals surface area contributed by atoms with E-state index in [1.54, 1.807) is 0 Å². The van der Waals surface area contributed by atoms with Crippen molar-refractivity contribution in [2.24, 2.45) is 0 Å². The topological polar surface area (TPSA) is 108 Å². The molecule has 1 saturated carbocycles. The normalized spacial score (nSPS) is 21.2. The largest absolute Gasteiger partial charge is 0.367 e. The lowest BCUT2D eigenvalue weighted by Gasteiger charge is -2.36. The van der Waals surface area contributed by atoms with Crippen LogP contribution in [0.3, 0.4) is 0 Å². The fourth-order valence-electron chi connectivity index (χ4n) is 4.25. The standard InChI is InChI=1S/C23H26N8O2/c1-12-7-18(33-29-12)20-21-22(26-15(4)14(3)25-21)28-23(27-20)30-9-13(2)32-19(11-30)16-8-24-31(10-16)17-5-6-17/h7-8,10,13,17,19H,5-6,9,11H2,1-4H3/t13-,19+/m0/s1. The quantitative estimate of drug-likeness (QED) is 0.465. The molecule has 33 heavy (non-hydrogen) atoms. The molecular formula is C23H26N8O2. The second-order valence-corrected chi connectivity index (χ2v) is 9.10. The number of hydrogen-bond donors (Lipinski definition) is 0. The first-order valence-corrected chi connectivity index (χ1v) is 11.4. The van der Waals surface area contributed by atoms with Crippen molar-refractivity contribution < 1.29 is 9.26 Å². The summed E-state index contributed by atoms with van der Waals surface area (Å²) in [6.07, 6.45) is 6.32. The molecule has 10 heteroatoms. The maximum Gasteiger partial charge on any atom is 0.228 e. The van der Waals surface area contributed by atoms with Gasteiger partial charge in [0, 0.05) is 24.4 Å². The Balaban J connectivity index is 1.41. The van der Waals surface area contributed by atoms with Gasteiger partial charge in [0.05, 0.1) is 42.0 Å². The molecule has 0 amide bonds. The monoisotopic (exact) mass is 446 g/mol. The van der Waals surface area contributed by atoms with Gasteiger partial charge in [0.25, 0.3) is 0 Å². The average Bonchev–Trinajstić information content (AvgIpc) is 3.35. The molecule has 1 saturated heterocycles. The van der Waals surface area contributed by atoms with Crippen molar-refractivity contribution in [3.8, 4) is 11.5 Å². The Labute approximate surface area is 191 Å². The third-order valence-electron chi connectivity index (χ3n) is 6.25. The number of nitrogens with zero attached hydrogens (tertiary/aromatic N) is 8. The van der Waals surface area contributed by atoms with Crippen LogP contribution in [0.2, 0.25) is 0 Å². The van der Waals surface area contributed by atoms with Gasteiger partial charge in [-0.1, -0.05) is 5.16 Å². The van der Waals surface area contributed by atoms with Crippen molar-refractivity contribution in [2.45, 2.75) is 58.8 Å². The molecule has 2 atom stereocenters. The predicted molar refractivity (Wildman–Crippen MR) is 121 cm³/mol. The predicted octanol–water partition coefficient (Wildman–Crippen LogP) is 3.50. The van der Waals surface area contributed by atoms with E-state index in [1.165, 1.54) is 12.8 Å². The van der Waals surface area contributed by atoms with Crippen LogP contribution < -0.4 is 4.90 Å². The SMILES string of the molecule is Cc1cc(-c2nc(N3C[C@H](C)O[C@@H](c4cnn(C5CC5)c4)C3)nc3nc(C)c(C)nc23)on1. The summed E-state index contributed by atoms with van der Waals surface area (Å²) in [4.78, 5) is 21.3. The van der Waals surface area contributed by atoms with Crippen molar-refractivity contribution >= 4 is 17.1 Å². The summed E-state index contributed by atoms with van der Waals surface area (Å²) in [6, 6.07) is 2.40. The molecule has 0 unspecified atom stereocenters. The maximum absolute atomic E-state index is 6.27. The average molecular weight is 447 g/mol. The second kappa shape index (κ2) is 7.58. The van der Waals surface area contributed by atoms with E-state index in [-0.39, 0.29) is 12.2 Å². The zero-order valence-corrected chi connectivity index (χ0v) is 19.2. The number of anilines is 1. The molecule has 4 aromatic heterocycles. The lowest BCUT2D eigenvalue weighted by Crippen LogP contribution is -2.43. The molecule has 6 rings (SSSR count). The summed E-state index contributed by atoms with van der Waals surface area (Å²) in [5.41, 5.74) is 5.30. The fourth-order valence-corrected chi connectivity index (χ4v) is 4.25. The van der Waals surface area contributed by atoms with Gasteiger partial charge in [0.15, 0.2) is 11.4 Å². The summed E-state index contributed by atoms with van der Waals surface area (Å²) in [5.74, 6) is 1.14. The summed E-state index contributed by atoms with van der Waals surface area (Å²) < 4.78 is 13.9. The Morgan fingerprint density at radius 2 is 1.82 bits per heavy atom. The summed E-state index contributed by atoms with van der Waals surface area (Å²) >= 11 is 0. The highest BCUT2D eigenvalue weighted by molar-refractivity contribution is 5.86. The third kappa shape index (κ3) is 3.74. The molecule has 1 aliphatic carbocycles. The van der Waals surface area contributed by atoms with Crippen LogP contribution in [0.1, 0.15) is 54.6 Å². The first-order valence-electron chi connectivity index (χ1n) is 11.4. The van der Waals surface area contributed by atoms with Gasteiger partial charge in [-0.2, -0.15) is 10.1 Å². The number of aryl methyl sites for hydroxylation is 3. The molecule has 0 bridgehead atoms. The van der Waals surface area contributed by atoms with Gasteiger partial charge in [0.1, 0.15) is 17.3 Å². The zero-order valence-electron chi connectivity index (χ0n) is 19.2. The Hall–Kier alpha value is -3.40. The van der Waals surface area contributed by atoms with E-state index >= 15 is 0 Å². The van der Waals surface area contributed by atoms with Crippen LogP contribution in [0.4, 0.5) is 5.95 Å². The van der Waals surface area contributed by atoms with Gasteiger partial charge in [-0.15, -0.1) is 0 Å². The molecular weight excluding hydrogens is 420 g/mol. The lowest BCUT2D eigenvalue weighted by atomic mass is 10.1. The van der Waals surface area contributed by atoms with Crippen LogP contribution in [-0.2, 0) is 4.74 Å². The molecule has 5 heterocycles. The summed E-state index contributed by atoms with van der Waals surface area (Å²) in [6.45, 7) is 9.12. The van der Waals surface area contributed by atoms with E-state index in [0.717, 1.165) is 22.6 Å². The van der Waals surface area contributed by atoms with Crippen LogP contribution in [0.5, 0.6) is 0 Å². The number of morpholine rings is 1. The van der Waals surface area contributed by atoms with Crippen molar-refractivity contribution in [1.82, 2.24) is 34.9 Å². The molecule has 0 aromatic carbocycles. The molecule has 0 spiro atoms. The molecule has 1 aliphatic heterocycles. The summed E-state index contributed by atoms with van der Waals surface area (Å²) in [5, 5.41) is 8.58. The van der Waals surface area contributed by atoms with E-state index < -0.39 is 0 Å². The zero-order chi connectivity index (χ0) is 22.7. The van der Waals surface area contributed by atoms with Crippen molar-refractivity contribution in [3.63, 3.8) is 0 Å². The minimum absolute atomic E-state index is 0.00846. The van der Waals surface area contributed by atoms with E-state index in [9.17, 15) is 0 Å². The Bertz CT molecular complexity index is 1340. The number of hydrogen-bond acceptors (Lipinski definition) is 9. The minimum atomic E-state index is -0.109. The van der Waals surface area contributed by atoms with Gasteiger partial charge in [-0.05, 0) is 40.5 Å². The van der Waals surface area contributed by atoms with Gasteiger partial charge in [-0.25, -0.2) is 15.0 Å². The molecule has 0 N–H and O–H groups in total. The highest BCUT2D eigenvalue weighted by atomic mass is 16.5. The van der Waals surface area contributed by atoms with Crippen molar-refractivity contribution in [3.05, 3.63) is 41.1 Å². The molecule has 170 valence electrons. The molecule has 4 aromatic rings. The van der Waals surface area contributed by atoms with Crippen LogP contribution in [0.25, 0.3) is 22.6 Å². The van der Waals surface area contributed by atoms with E-state index in [4.69, 9.17) is 29.2 Å². The van der Waals surface area contributed by atoms with Crippen LogP contribution in [0, 0.1) is 20.8 Å². The highest BCUT2D eigenvalue weighted by Crippen LogP contribution is 2.36. The first kappa shape index (κ1) is 20.2. The Morgan fingerprint density at radius 1 is 1.00 bits per heavy atom. The van der Waals surface area contributed by atoms with Crippen LogP contribution in [0.15, 0.2) is 23.0 Å². The van der Waals surface area contributed by atoms with E-state index in [0.29, 0.717) is 47.7 Å². The molecule has 2 aliphatic rings. The highest BCUT2D eigenvalue weighted by Gasteiger charge is 2.32. The van der Waals surface area contributed by atoms with Crippen LogP contribution >= 0.6 is 0 Å². The smallest absolute Gasteiger partial charge is 0.228 e. The maximum atomic E-state index is 6.27. The molecule has 0 radical (unpaired) electrons. The van der Waals surface area contributed by atoms with Crippen LogP contribution in [-0.4, -0.2) is 54.1 Å².